The van der Waals surface area contributed by atoms with Crippen LogP contribution in [0.2, 0.25) is 0 Å². The number of para-hydroxylation sites is 1. The fourth-order valence-electron chi connectivity index (χ4n) is 4.12. The number of nitrogens with zero attached hydrogens (tertiary/aromatic N) is 2. The lowest BCUT2D eigenvalue weighted by molar-refractivity contribution is -0.201. The van der Waals surface area contributed by atoms with Crippen LogP contribution in [0, 0.1) is 11.3 Å². The molecule has 0 spiro atoms. The highest BCUT2D eigenvalue weighted by Gasteiger charge is 2.70. The summed E-state index contributed by atoms with van der Waals surface area (Å²) in [6.45, 7) is 1.23. The number of ether oxygens (including phenoxy) is 2. The Hall–Kier alpha value is -3.93. The molecule has 1 aromatic heterocycles. The highest BCUT2D eigenvalue weighted by atomic mass is 19.4. The molecule has 9 heteroatoms. The van der Waals surface area contributed by atoms with Crippen molar-refractivity contribution in [3.63, 3.8) is 0 Å². The van der Waals surface area contributed by atoms with Gasteiger partial charge in [0.25, 0.3) is 0 Å². The minimum absolute atomic E-state index is 0.115. The smallest absolute Gasteiger partial charge is 0.414 e. The Kier molecular flexibility index (Phi) is 5.09. The Bertz CT molecular complexity index is 1270. The van der Waals surface area contributed by atoms with Crippen LogP contribution in [0.15, 0.2) is 66.1 Å². The number of esters is 1. The van der Waals surface area contributed by atoms with Gasteiger partial charge < -0.3 is 19.8 Å². The van der Waals surface area contributed by atoms with Gasteiger partial charge in [-0.2, -0.15) is 18.4 Å². The molecule has 32 heavy (non-hydrogen) atoms. The topological polar surface area (TPSA) is 90.3 Å². The van der Waals surface area contributed by atoms with E-state index in [1.807, 2.05) is 18.2 Å². The summed E-state index contributed by atoms with van der Waals surface area (Å²) < 4.78 is 56.4. The van der Waals surface area contributed by atoms with Crippen molar-refractivity contribution in [1.29, 1.82) is 5.26 Å². The van der Waals surface area contributed by atoms with Gasteiger partial charge in [-0.3, -0.25) is 4.79 Å². The summed E-state index contributed by atoms with van der Waals surface area (Å²) in [6, 6.07) is 16.8. The minimum Gasteiger partial charge on any atom is -0.465 e. The Morgan fingerprint density at radius 3 is 2.47 bits per heavy atom. The van der Waals surface area contributed by atoms with Gasteiger partial charge in [0.2, 0.25) is 17.2 Å². The van der Waals surface area contributed by atoms with E-state index in [2.05, 4.69) is 0 Å². The molecule has 1 aliphatic rings. The van der Waals surface area contributed by atoms with Crippen LogP contribution in [0.5, 0.6) is 5.88 Å². The predicted octanol–water partition coefficient (Wildman–Crippen LogP) is 4.14. The second kappa shape index (κ2) is 7.64. The molecular weight excluding hydrogens is 423 g/mol. The van der Waals surface area contributed by atoms with Crippen LogP contribution in [0.25, 0.3) is 10.9 Å². The number of carbonyl (C=O) groups is 1. The summed E-state index contributed by atoms with van der Waals surface area (Å²) in [5.41, 5.74) is 2.03. The third-order valence-corrected chi connectivity index (χ3v) is 5.43. The monoisotopic (exact) mass is 441 g/mol. The third kappa shape index (κ3) is 2.91. The Morgan fingerprint density at radius 1 is 1.19 bits per heavy atom. The van der Waals surface area contributed by atoms with E-state index in [4.69, 9.17) is 15.2 Å². The van der Waals surface area contributed by atoms with Crippen molar-refractivity contribution in [2.45, 2.75) is 25.1 Å². The van der Waals surface area contributed by atoms with E-state index in [-0.39, 0.29) is 24.4 Å². The van der Waals surface area contributed by atoms with Crippen molar-refractivity contribution in [2.75, 3.05) is 6.61 Å². The molecule has 164 valence electrons. The van der Waals surface area contributed by atoms with Gasteiger partial charge in [0.05, 0.1) is 24.2 Å². The van der Waals surface area contributed by atoms with Gasteiger partial charge in [0, 0.05) is 5.39 Å². The molecule has 1 unspecified atom stereocenters. The van der Waals surface area contributed by atoms with Gasteiger partial charge in [-0.1, -0.05) is 48.5 Å². The normalized spacial score (nSPS) is 18.1. The molecule has 2 N–H and O–H groups in total. The number of fused-ring (bicyclic) bond motifs is 3. The maximum Gasteiger partial charge on any atom is 0.414 e. The molecule has 1 aliphatic heterocycles. The van der Waals surface area contributed by atoms with Crippen LogP contribution in [0.4, 0.5) is 13.2 Å². The zero-order chi connectivity index (χ0) is 23.1. The van der Waals surface area contributed by atoms with Crippen molar-refractivity contribution >= 4 is 16.9 Å². The number of alkyl halides is 3. The second-order valence-corrected chi connectivity index (χ2v) is 7.19. The maximum atomic E-state index is 14.8. The number of aromatic nitrogens is 1. The summed E-state index contributed by atoms with van der Waals surface area (Å²) in [7, 11) is 0. The van der Waals surface area contributed by atoms with Gasteiger partial charge in [0.15, 0.2) is 0 Å². The standard InChI is InChI=1S/C23H18F3N3O3/c1-2-31-21(30)22(23(24,25)26)16(12-27)19(28)32-20-18(22)15-10-6-7-11-17(15)29(20)13-14-8-4-3-5-9-14/h3-11H,2,13,28H2,1H3. The van der Waals surface area contributed by atoms with E-state index < -0.39 is 34.6 Å². The zero-order valence-electron chi connectivity index (χ0n) is 16.9. The number of hydrogen-bond acceptors (Lipinski definition) is 5. The largest absolute Gasteiger partial charge is 0.465 e. The SMILES string of the molecule is CCOC(=O)C1(C(F)(F)F)C(C#N)=C(N)Oc2c1c1ccccc1n2Cc1ccccc1. The van der Waals surface area contributed by atoms with Crippen molar-refractivity contribution < 1.29 is 27.4 Å². The summed E-state index contributed by atoms with van der Waals surface area (Å²) in [5.74, 6) is -2.67. The first-order valence-corrected chi connectivity index (χ1v) is 9.75. The van der Waals surface area contributed by atoms with E-state index in [0.717, 1.165) is 5.56 Å². The average molecular weight is 441 g/mol. The van der Waals surface area contributed by atoms with Crippen LogP contribution in [0.3, 0.4) is 0 Å². The number of benzene rings is 2. The first kappa shape index (κ1) is 21.3. The molecule has 0 saturated carbocycles. The van der Waals surface area contributed by atoms with Gasteiger partial charge in [-0.05, 0) is 18.6 Å². The van der Waals surface area contributed by atoms with Crippen molar-refractivity contribution in [3.05, 3.63) is 77.2 Å². The molecule has 0 amide bonds. The average Bonchev–Trinajstić information content (AvgIpc) is 3.06. The molecule has 4 rings (SSSR count). The maximum absolute atomic E-state index is 14.8. The quantitative estimate of drug-likeness (QED) is 0.615. The van der Waals surface area contributed by atoms with E-state index in [0.29, 0.717) is 5.52 Å². The highest BCUT2D eigenvalue weighted by molar-refractivity contribution is 6.00. The van der Waals surface area contributed by atoms with E-state index in [1.165, 1.54) is 23.6 Å². The molecule has 2 heterocycles. The Morgan fingerprint density at radius 2 is 1.84 bits per heavy atom. The first-order valence-electron chi connectivity index (χ1n) is 9.75. The predicted molar refractivity (Wildman–Crippen MR) is 109 cm³/mol. The zero-order valence-corrected chi connectivity index (χ0v) is 16.9. The molecule has 6 nitrogen and oxygen atoms in total. The summed E-state index contributed by atoms with van der Waals surface area (Å²) in [6.07, 6.45) is -5.23. The summed E-state index contributed by atoms with van der Waals surface area (Å²) in [4.78, 5) is 13.0. The van der Waals surface area contributed by atoms with Crippen LogP contribution >= 0.6 is 0 Å². The molecule has 0 aliphatic carbocycles. The number of carbonyl (C=O) groups excluding carboxylic acids is 1. The molecule has 2 aromatic carbocycles. The van der Waals surface area contributed by atoms with Gasteiger partial charge in [-0.25, -0.2) is 0 Å². The van der Waals surface area contributed by atoms with E-state index >= 15 is 0 Å². The lowest BCUT2D eigenvalue weighted by Gasteiger charge is -2.36. The van der Waals surface area contributed by atoms with Crippen LogP contribution < -0.4 is 10.5 Å². The number of nitrogens with two attached hydrogens (primary N) is 1. The Balaban J connectivity index is 2.13. The molecule has 0 saturated heterocycles. The van der Waals surface area contributed by atoms with Gasteiger partial charge in [0.1, 0.15) is 11.6 Å². The molecule has 0 fully saturated rings. The number of halogens is 3. The van der Waals surface area contributed by atoms with Crippen LogP contribution in [-0.4, -0.2) is 23.3 Å². The van der Waals surface area contributed by atoms with Crippen molar-refractivity contribution in [1.82, 2.24) is 4.57 Å². The lowest BCUT2D eigenvalue weighted by Crippen LogP contribution is -2.54. The first-order chi connectivity index (χ1) is 15.3. The molecular formula is C23H18F3N3O3. The molecule has 0 radical (unpaired) electrons. The van der Waals surface area contributed by atoms with Crippen LogP contribution in [-0.2, 0) is 21.5 Å². The molecule has 3 aromatic rings. The number of hydrogen-bond donors (Lipinski definition) is 1. The van der Waals surface area contributed by atoms with E-state index in [9.17, 15) is 23.2 Å². The molecule has 0 bridgehead atoms. The van der Waals surface area contributed by atoms with Crippen LogP contribution in [0.1, 0.15) is 18.1 Å². The Labute approximate surface area is 181 Å². The summed E-state index contributed by atoms with van der Waals surface area (Å²) in [5, 5.41) is 9.75. The number of rotatable bonds is 4. The fourth-order valence-corrected chi connectivity index (χ4v) is 4.12. The van der Waals surface area contributed by atoms with Gasteiger partial charge >= 0.3 is 12.1 Å². The van der Waals surface area contributed by atoms with Gasteiger partial charge in [-0.15, -0.1) is 0 Å². The second-order valence-electron chi connectivity index (χ2n) is 7.19. The highest BCUT2D eigenvalue weighted by Crippen LogP contribution is 2.56. The minimum atomic E-state index is -5.23. The number of nitriles is 1. The fraction of sp³-hybridized carbons (Fsp3) is 0.217. The third-order valence-electron chi connectivity index (χ3n) is 5.43. The molecule has 1 atom stereocenters. The lowest BCUT2D eigenvalue weighted by atomic mass is 9.72. The van der Waals surface area contributed by atoms with Crippen molar-refractivity contribution in [3.8, 4) is 11.9 Å². The van der Waals surface area contributed by atoms with Crippen molar-refractivity contribution in [2.24, 2.45) is 5.73 Å². The summed E-state index contributed by atoms with van der Waals surface area (Å²) >= 11 is 0. The van der Waals surface area contributed by atoms with E-state index in [1.54, 1.807) is 30.3 Å².